The van der Waals surface area contributed by atoms with Crippen LogP contribution in [0.25, 0.3) is 0 Å². The van der Waals surface area contributed by atoms with Crippen molar-refractivity contribution < 1.29 is 23.8 Å². The van der Waals surface area contributed by atoms with E-state index < -0.39 is 5.97 Å². The van der Waals surface area contributed by atoms with E-state index in [-0.39, 0.29) is 19.1 Å². The first kappa shape index (κ1) is 20.0. The molecule has 1 N–H and O–H groups in total. The van der Waals surface area contributed by atoms with Gasteiger partial charge in [0.1, 0.15) is 11.5 Å². The van der Waals surface area contributed by atoms with E-state index in [0.717, 1.165) is 5.56 Å². The van der Waals surface area contributed by atoms with E-state index in [1.54, 1.807) is 37.3 Å². The molecule has 0 saturated heterocycles. The number of carbonyl (C=O) groups excluding carboxylic acids is 2. The summed E-state index contributed by atoms with van der Waals surface area (Å²) >= 11 is 0. The zero-order chi connectivity index (χ0) is 19.5. The third-order valence-electron chi connectivity index (χ3n) is 3.42. The van der Waals surface area contributed by atoms with Gasteiger partial charge in [-0.3, -0.25) is 4.79 Å². The maximum absolute atomic E-state index is 11.8. The van der Waals surface area contributed by atoms with Crippen molar-refractivity contribution in [2.75, 3.05) is 19.8 Å². The summed E-state index contributed by atoms with van der Waals surface area (Å²) in [7, 11) is 0. The minimum absolute atomic E-state index is 0.150. The van der Waals surface area contributed by atoms with Crippen molar-refractivity contribution in [3.8, 4) is 11.5 Å². The molecule has 2 aromatic carbocycles. The number of hydrogen-bond donors (Lipinski definition) is 1. The number of carbonyl (C=O) groups is 2. The van der Waals surface area contributed by atoms with Crippen LogP contribution in [0.4, 0.5) is 0 Å². The lowest BCUT2D eigenvalue weighted by molar-refractivity contribution is -0.145. The molecule has 142 valence electrons. The van der Waals surface area contributed by atoms with Gasteiger partial charge in [-0.1, -0.05) is 30.3 Å². The molecule has 2 rings (SSSR count). The Labute approximate surface area is 157 Å². The highest BCUT2D eigenvalue weighted by Gasteiger charge is 2.07. The fourth-order valence-corrected chi connectivity index (χ4v) is 2.13. The Balaban J connectivity index is 1.85. The van der Waals surface area contributed by atoms with Crippen LogP contribution in [0.3, 0.4) is 0 Å². The molecular weight excluding hydrogens is 348 g/mol. The maximum atomic E-state index is 11.8. The van der Waals surface area contributed by atoms with Crippen molar-refractivity contribution in [1.29, 1.82) is 0 Å². The second kappa shape index (κ2) is 10.6. The van der Waals surface area contributed by atoms with Crippen molar-refractivity contribution in [3.63, 3.8) is 0 Å². The minimum Gasteiger partial charge on any atom is -0.483 e. The highest BCUT2D eigenvalue weighted by atomic mass is 16.6. The number of hydrogen-bond acceptors (Lipinski definition) is 6. The van der Waals surface area contributed by atoms with Crippen LogP contribution < -0.4 is 14.9 Å². The van der Waals surface area contributed by atoms with Gasteiger partial charge in [-0.25, -0.2) is 10.2 Å². The molecule has 0 aliphatic rings. The smallest absolute Gasteiger partial charge is 0.344 e. The quantitative estimate of drug-likeness (QED) is 0.416. The average Bonchev–Trinajstić information content (AvgIpc) is 2.67. The lowest BCUT2D eigenvalue weighted by Gasteiger charge is -2.08. The predicted octanol–water partition coefficient (Wildman–Crippen LogP) is 2.47. The Kier molecular flexibility index (Phi) is 7.84. The summed E-state index contributed by atoms with van der Waals surface area (Å²) in [5, 5.41) is 3.90. The molecule has 0 fully saturated rings. The van der Waals surface area contributed by atoms with Crippen LogP contribution in [0, 0.1) is 6.92 Å². The molecule has 0 saturated carbocycles. The summed E-state index contributed by atoms with van der Waals surface area (Å²) in [4.78, 5) is 23.2. The van der Waals surface area contributed by atoms with Gasteiger partial charge in [0, 0.05) is 5.56 Å². The zero-order valence-corrected chi connectivity index (χ0v) is 15.3. The summed E-state index contributed by atoms with van der Waals surface area (Å²) in [6, 6.07) is 14.4. The van der Waals surface area contributed by atoms with Gasteiger partial charge in [-0.15, -0.1) is 0 Å². The first-order valence-corrected chi connectivity index (χ1v) is 8.48. The molecular formula is C20H22N2O5. The largest absolute Gasteiger partial charge is 0.483 e. The van der Waals surface area contributed by atoms with Gasteiger partial charge < -0.3 is 14.2 Å². The monoisotopic (exact) mass is 370 g/mol. The second-order valence-electron chi connectivity index (χ2n) is 5.48. The number of rotatable bonds is 9. The molecule has 0 aromatic heterocycles. The number of esters is 1. The Hall–Kier alpha value is -3.35. The number of hydrazone groups is 1. The van der Waals surface area contributed by atoms with E-state index in [1.807, 2.05) is 25.1 Å². The average molecular weight is 370 g/mol. The summed E-state index contributed by atoms with van der Waals surface area (Å²) in [6.07, 6.45) is 1.44. The summed E-state index contributed by atoms with van der Waals surface area (Å²) < 4.78 is 15.7. The van der Waals surface area contributed by atoms with Gasteiger partial charge in [0.25, 0.3) is 5.91 Å². The SMILES string of the molecule is CCOC(=O)COc1ccccc1/C=N/NC(=O)COc1ccccc1C. The summed E-state index contributed by atoms with van der Waals surface area (Å²) in [5.74, 6) is 0.263. The predicted molar refractivity (Wildman–Crippen MR) is 101 cm³/mol. The van der Waals surface area contributed by atoms with Gasteiger partial charge in [0.05, 0.1) is 12.8 Å². The van der Waals surface area contributed by atoms with Gasteiger partial charge in [-0.2, -0.15) is 5.10 Å². The number of aryl methyl sites for hydroxylation is 1. The van der Waals surface area contributed by atoms with Crippen LogP contribution in [-0.2, 0) is 14.3 Å². The van der Waals surface area contributed by atoms with E-state index in [9.17, 15) is 9.59 Å². The van der Waals surface area contributed by atoms with Gasteiger partial charge >= 0.3 is 5.97 Å². The normalized spacial score (nSPS) is 10.4. The van der Waals surface area contributed by atoms with E-state index >= 15 is 0 Å². The molecule has 0 atom stereocenters. The van der Waals surface area contributed by atoms with Crippen molar-refractivity contribution in [1.82, 2.24) is 5.43 Å². The number of nitrogens with zero attached hydrogens (tertiary/aromatic N) is 1. The van der Waals surface area contributed by atoms with E-state index in [2.05, 4.69) is 10.5 Å². The maximum Gasteiger partial charge on any atom is 0.344 e. The van der Waals surface area contributed by atoms with Crippen molar-refractivity contribution in [2.45, 2.75) is 13.8 Å². The number of nitrogens with one attached hydrogen (secondary N) is 1. The van der Waals surface area contributed by atoms with Crippen LogP contribution in [0.5, 0.6) is 11.5 Å². The Morgan fingerprint density at radius 1 is 1.00 bits per heavy atom. The fourth-order valence-electron chi connectivity index (χ4n) is 2.13. The van der Waals surface area contributed by atoms with Crippen LogP contribution in [0.1, 0.15) is 18.1 Å². The number of ether oxygens (including phenoxy) is 3. The molecule has 0 spiro atoms. The minimum atomic E-state index is -0.453. The van der Waals surface area contributed by atoms with Crippen LogP contribution >= 0.6 is 0 Å². The molecule has 0 unspecified atom stereocenters. The summed E-state index contributed by atoms with van der Waals surface area (Å²) in [5.41, 5.74) is 3.95. The lowest BCUT2D eigenvalue weighted by atomic mass is 10.2. The molecule has 0 bridgehead atoms. The first-order chi connectivity index (χ1) is 13.1. The Bertz CT molecular complexity index is 804. The van der Waals surface area contributed by atoms with E-state index in [4.69, 9.17) is 14.2 Å². The highest BCUT2D eigenvalue weighted by Crippen LogP contribution is 2.16. The molecule has 0 aliphatic carbocycles. The standard InChI is InChI=1S/C20H22N2O5/c1-3-25-20(24)14-27-18-11-7-5-9-16(18)12-21-22-19(23)13-26-17-10-6-4-8-15(17)2/h4-12H,3,13-14H2,1-2H3,(H,22,23)/b21-12+. The molecule has 0 radical (unpaired) electrons. The second-order valence-corrected chi connectivity index (χ2v) is 5.48. The van der Waals surface area contributed by atoms with Crippen molar-refractivity contribution >= 4 is 18.1 Å². The molecule has 7 nitrogen and oxygen atoms in total. The molecule has 27 heavy (non-hydrogen) atoms. The number of amides is 1. The third-order valence-corrected chi connectivity index (χ3v) is 3.42. The lowest BCUT2D eigenvalue weighted by Crippen LogP contribution is -2.24. The van der Waals surface area contributed by atoms with Crippen molar-refractivity contribution in [3.05, 3.63) is 59.7 Å². The topological polar surface area (TPSA) is 86.2 Å². The molecule has 0 heterocycles. The fraction of sp³-hybridized carbons (Fsp3) is 0.250. The first-order valence-electron chi connectivity index (χ1n) is 8.48. The Morgan fingerprint density at radius 3 is 2.41 bits per heavy atom. The Morgan fingerprint density at radius 2 is 1.67 bits per heavy atom. The summed E-state index contributed by atoms with van der Waals surface area (Å²) in [6.45, 7) is 3.57. The third kappa shape index (κ3) is 6.81. The molecule has 0 aliphatic heterocycles. The van der Waals surface area contributed by atoms with E-state index in [0.29, 0.717) is 23.7 Å². The zero-order valence-electron chi connectivity index (χ0n) is 15.3. The molecule has 2 aromatic rings. The van der Waals surface area contributed by atoms with Crippen LogP contribution in [0.15, 0.2) is 53.6 Å². The number of para-hydroxylation sites is 2. The van der Waals surface area contributed by atoms with Gasteiger partial charge in [-0.05, 0) is 37.6 Å². The van der Waals surface area contributed by atoms with Crippen molar-refractivity contribution in [2.24, 2.45) is 5.10 Å². The molecule has 7 heteroatoms. The van der Waals surface area contributed by atoms with E-state index in [1.165, 1.54) is 6.21 Å². The van der Waals surface area contributed by atoms with Crippen LogP contribution in [-0.4, -0.2) is 37.9 Å². The van der Waals surface area contributed by atoms with Gasteiger partial charge in [0.2, 0.25) is 0 Å². The number of benzene rings is 2. The van der Waals surface area contributed by atoms with Gasteiger partial charge in [0.15, 0.2) is 13.2 Å². The molecule has 1 amide bonds. The highest BCUT2D eigenvalue weighted by molar-refractivity contribution is 5.85. The van der Waals surface area contributed by atoms with Crippen LogP contribution in [0.2, 0.25) is 0 Å².